The van der Waals surface area contributed by atoms with Gasteiger partial charge in [-0.3, -0.25) is 9.59 Å². The lowest BCUT2D eigenvalue weighted by atomic mass is 10.1. The fourth-order valence-electron chi connectivity index (χ4n) is 3.82. The van der Waals surface area contributed by atoms with Crippen LogP contribution < -0.4 is 9.64 Å². The molecule has 0 bridgehead atoms. The number of carbonyl (C=O) groups excluding carboxylic acids is 2. The quantitative estimate of drug-likeness (QED) is 0.807. The Balaban J connectivity index is 1.59. The highest BCUT2D eigenvalue weighted by molar-refractivity contribution is 5.89. The summed E-state index contributed by atoms with van der Waals surface area (Å²) in [7, 11) is 0. The van der Waals surface area contributed by atoms with E-state index in [2.05, 4.69) is 11.0 Å². The van der Waals surface area contributed by atoms with Crippen molar-refractivity contribution < 1.29 is 14.3 Å². The molecule has 0 radical (unpaired) electrons. The summed E-state index contributed by atoms with van der Waals surface area (Å²) >= 11 is 0. The van der Waals surface area contributed by atoms with Gasteiger partial charge in [0.1, 0.15) is 5.75 Å². The van der Waals surface area contributed by atoms with E-state index in [0.29, 0.717) is 32.7 Å². The topological polar surface area (TPSA) is 53.1 Å². The molecule has 2 fully saturated rings. The van der Waals surface area contributed by atoms with Crippen LogP contribution in [0.3, 0.4) is 0 Å². The van der Waals surface area contributed by atoms with Crippen molar-refractivity contribution in [3.63, 3.8) is 0 Å². The minimum Gasteiger partial charge on any atom is -0.492 e. The van der Waals surface area contributed by atoms with Crippen LogP contribution in [0.5, 0.6) is 5.75 Å². The SMILES string of the molecule is CCOc1ccccc1N1CCN(C(=O)[C@H]2CC(=O)N(C(C)C)C2)CC1. The van der Waals surface area contributed by atoms with Gasteiger partial charge in [-0.1, -0.05) is 12.1 Å². The molecule has 0 N–H and O–H groups in total. The normalized spacial score (nSPS) is 20.8. The van der Waals surface area contributed by atoms with Crippen molar-refractivity contribution in [3.05, 3.63) is 24.3 Å². The van der Waals surface area contributed by atoms with Crippen LogP contribution in [-0.2, 0) is 9.59 Å². The Bertz CT molecular complexity index is 653. The fraction of sp³-hybridized carbons (Fsp3) is 0.600. The summed E-state index contributed by atoms with van der Waals surface area (Å²) in [6.07, 6.45) is 0.352. The van der Waals surface area contributed by atoms with Crippen LogP contribution in [0.4, 0.5) is 5.69 Å². The predicted octanol–water partition coefficient (Wildman–Crippen LogP) is 1.99. The summed E-state index contributed by atoms with van der Waals surface area (Å²) in [6, 6.07) is 8.21. The predicted molar refractivity (Wildman–Crippen MR) is 101 cm³/mol. The maximum atomic E-state index is 12.8. The number of anilines is 1. The van der Waals surface area contributed by atoms with E-state index in [-0.39, 0.29) is 23.8 Å². The lowest BCUT2D eigenvalue weighted by Gasteiger charge is -2.37. The highest BCUT2D eigenvalue weighted by Crippen LogP contribution is 2.29. The lowest BCUT2D eigenvalue weighted by molar-refractivity contribution is -0.136. The molecular weight excluding hydrogens is 330 g/mol. The van der Waals surface area contributed by atoms with Crippen LogP contribution in [0.15, 0.2) is 24.3 Å². The third-order valence-corrected chi connectivity index (χ3v) is 5.23. The van der Waals surface area contributed by atoms with Crippen molar-refractivity contribution in [3.8, 4) is 5.75 Å². The van der Waals surface area contributed by atoms with Gasteiger partial charge < -0.3 is 19.4 Å². The Kier molecular flexibility index (Phi) is 5.69. The first-order valence-corrected chi connectivity index (χ1v) is 9.56. The van der Waals surface area contributed by atoms with E-state index in [1.54, 1.807) is 0 Å². The fourth-order valence-corrected chi connectivity index (χ4v) is 3.82. The van der Waals surface area contributed by atoms with Crippen LogP contribution in [-0.4, -0.2) is 67.0 Å². The molecular formula is C20H29N3O3. The molecule has 142 valence electrons. The second-order valence-corrected chi connectivity index (χ2v) is 7.25. The van der Waals surface area contributed by atoms with Gasteiger partial charge in [-0.05, 0) is 32.9 Å². The summed E-state index contributed by atoms with van der Waals surface area (Å²) in [5.74, 6) is 0.928. The smallest absolute Gasteiger partial charge is 0.228 e. The Morgan fingerprint density at radius 2 is 1.88 bits per heavy atom. The van der Waals surface area contributed by atoms with E-state index in [1.807, 2.05) is 48.8 Å². The standard InChI is InChI=1S/C20H29N3O3/c1-4-26-18-8-6-5-7-17(18)21-9-11-22(12-10-21)20(25)16-13-19(24)23(14-16)15(2)3/h5-8,15-16H,4,9-14H2,1-3H3/t16-/m0/s1. The van der Waals surface area contributed by atoms with Gasteiger partial charge in [0, 0.05) is 45.2 Å². The molecule has 6 heteroatoms. The van der Waals surface area contributed by atoms with Crippen molar-refractivity contribution in [1.29, 1.82) is 0 Å². The molecule has 3 rings (SSSR count). The molecule has 2 aliphatic heterocycles. The first-order chi connectivity index (χ1) is 12.5. The maximum absolute atomic E-state index is 12.8. The zero-order chi connectivity index (χ0) is 18.7. The molecule has 6 nitrogen and oxygen atoms in total. The van der Waals surface area contributed by atoms with E-state index in [9.17, 15) is 9.59 Å². The average Bonchev–Trinajstić information content (AvgIpc) is 3.04. The zero-order valence-corrected chi connectivity index (χ0v) is 16.0. The van der Waals surface area contributed by atoms with Gasteiger partial charge in [0.15, 0.2) is 0 Å². The summed E-state index contributed by atoms with van der Waals surface area (Å²) in [4.78, 5) is 30.9. The Labute approximate surface area is 155 Å². The number of nitrogens with zero attached hydrogens (tertiary/aromatic N) is 3. The van der Waals surface area contributed by atoms with Crippen LogP contribution >= 0.6 is 0 Å². The molecule has 0 aromatic heterocycles. The molecule has 1 aromatic carbocycles. The molecule has 2 aliphatic rings. The largest absolute Gasteiger partial charge is 0.492 e. The number of likely N-dealkylation sites (tertiary alicyclic amines) is 1. The molecule has 2 heterocycles. The van der Waals surface area contributed by atoms with E-state index in [1.165, 1.54) is 0 Å². The highest BCUT2D eigenvalue weighted by Gasteiger charge is 2.38. The lowest BCUT2D eigenvalue weighted by Crippen LogP contribution is -2.50. The number of piperazine rings is 1. The van der Waals surface area contributed by atoms with Gasteiger partial charge in [0.2, 0.25) is 11.8 Å². The number of para-hydroxylation sites is 2. The van der Waals surface area contributed by atoms with E-state index < -0.39 is 0 Å². The van der Waals surface area contributed by atoms with Crippen LogP contribution in [0.2, 0.25) is 0 Å². The molecule has 0 spiro atoms. The van der Waals surface area contributed by atoms with Crippen LogP contribution in [0, 0.1) is 5.92 Å². The van der Waals surface area contributed by atoms with Crippen molar-refractivity contribution >= 4 is 17.5 Å². The van der Waals surface area contributed by atoms with Crippen molar-refractivity contribution in [1.82, 2.24) is 9.80 Å². The summed E-state index contributed by atoms with van der Waals surface area (Å²) in [5, 5.41) is 0. The maximum Gasteiger partial charge on any atom is 0.228 e. The van der Waals surface area contributed by atoms with Crippen LogP contribution in [0.1, 0.15) is 27.2 Å². The zero-order valence-electron chi connectivity index (χ0n) is 16.0. The van der Waals surface area contributed by atoms with Gasteiger partial charge >= 0.3 is 0 Å². The highest BCUT2D eigenvalue weighted by atomic mass is 16.5. The molecule has 0 aliphatic carbocycles. The monoisotopic (exact) mass is 359 g/mol. The molecule has 0 unspecified atom stereocenters. The van der Waals surface area contributed by atoms with Gasteiger partial charge in [0.25, 0.3) is 0 Å². The number of hydrogen-bond donors (Lipinski definition) is 0. The Hall–Kier alpha value is -2.24. The molecule has 1 aromatic rings. The molecule has 0 saturated carbocycles. The van der Waals surface area contributed by atoms with Gasteiger partial charge in [-0.25, -0.2) is 0 Å². The number of hydrogen-bond acceptors (Lipinski definition) is 4. The number of carbonyl (C=O) groups is 2. The van der Waals surface area contributed by atoms with Gasteiger partial charge in [-0.2, -0.15) is 0 Å². The second kappa shape index (κ2) is 7.98. The van der Waals surface area contributed by atoms with E-state index >= 15 is 0 Å². The van der Waals surface area contributed by atoms with Crippen LogP contribution in [0.25, 0.3) is 0 Å². The number of benzene rings is 1. The molecule has 26 heavy (non-hydrogen) atoms. The molecule has 2 saturated heterocycles. The Morgan fingerprint density at radius 1 is 1.19 bits per heavy atom. The summed E-state index contributed by atoms with van der Waals surface area (Å²) in [6.45, 7) is 10.1. The average molecular weight is 359 g/mol. The minimum atomic E-state index is -0.188. The second-order valence-electron chi connectivity index (χ2n) is 7.25. The number of rotatable bonds is 5. The van der Waals surface area contributed by atoms with E-state index in [4.69, 9.17) is 4.74 Å². The van der Waals surface area contributed by atoms with Crippen molar-refractivity contribution in [2.45, 2.75) is 33.2 Å². The first-order valence-electron chi connectivity index (χ1n) is 9.56. The van der Waals surface area contributed by atoms with Crippen molar-refractivity contribution in [2.24, 2.45) is 5.92 Å². The number of amides is 2. The third-order valence-electron chi connectivity index (χ3n) is 5.23. The van der Waals surface area contributed by atoms with Gasteiger partial charge in [-0.15, -0.1) is 0 Å². The molecule has 2 amide bonds. The third kappa shape index (κ3) is 3.79. The Morgan fingerprint density at radius 3 is 2.50 bits per heavy atom. The van der Waals surface area contributed by atoms with Gasteiger partial charge in [0.05, 0.1) is 18.2 Å². The molecule has 1 atom stereocenters. The van der Waals surface area contributed by atoms with E-state index in [0.717, 1.165) is 24.5 Å². The summed E-state index contributed by atoms with van der Waals surface area (Å²) in [5.41, 5.74) is 1.09. The number of ether oxygens (including phenoxy) is 1. The van der Waals surface area contributed by atoms with Crippen molar-refractivity contribution in [2.75, 3.05) is 44.2 Å². The minimum absolute atomic E-state index is 0.0997. The summed E-state index contributed by atoms with van der Waals surface area (Å²) < 4.78 is 5.73. The first kappa shape index (κ1) is 18.5.